The van der Waals surface area contributed by atoms with Crippen LogP contribution in [0.5, 0.6) is 0 Å². The van der Waals surface area contributed by atoms with Gasteiger partial charge in [-0.1, -0.05) is 23.7 Å². The Morgan fingerprint density at radius 3 is 2.42 bits per heavy atom. The minimum absolute atomic E-state index is 0.0470. The monoisotopic (exact) mass is 277 g/mol. The van der Waals surface area contributed by atoms with Crippen LogP contribution >= 0.6 is 11.6 Å². The van der Waals surface area contributed by atoms with Gasteiger partial charge in [-0.3, -0.25) is 4.79 Å². The Labute approximate surface area is 117 Å². The topological polar surface area (TPSA) is 33.5 Å². The SMILES string of the molecule is Cc1ccoc1C(=O)N(C)C(C)c1ccc(Cl)cc1. The molecule has 100 valence electrons. The van der Waals surface area contributed by atoms with Crippen LogP contribution in [0.15, 0.2) is 41.0 Å². The standard InChI is InChI=1S/C15H16ClNO2/c1-10-8-9-19-14(10)15(18)17(3)11(2)12-4-6-13(16)7-5-12/h4-9,11H,1-3H3. The van der Waals surface area contributed by atoms with Crippen molar-refractivity contribution in [1.82, 2.24) is 4.90 Å². The van der Waals surface area contributed by atoms with E-state index in [1.54, 1.807) is 18.0 Å². The molecule has 0 spiro atoms. The van der Waals surface area contributed by atoms with Crippen molar-refractivity contribution in [3.8, 4) is 0 Å². The second kappa shape index (κ2) is 5.49. The van der Waals surface area contributed by atoms with Gasteiger partial charge in [0.25, 0.3) is 5.91 Å². The number of halogens is 1. The van der Waals surface area contributed by atoms with Gasteiger partial charge in [-0.15, -0.1) is 0 Å². The maximum atomic E-state index is 12.3. The van der Waals surface area contributed by atoms with Gasteiger partial charge < -0.3 is 9.32 Å². The molecule has 2 rings (SSSR count). The molecule has 0 fully saturated rings. The molecular weight excluding hydrogens is 262 g/mol. The fourth-order valence-corrected chi connectivity index (χ4v) is 2.02. The zero-order valence-electron chi connectivity index (χ0n) is 11.2. The van der Waals surface area contributed by atoms with E-state index in [4.69, 9.17) is 16.0 Å². The summed E-state index contributed by atoms with van der Waals surface area (Å²) in [6, 6.07) is 9.23. The molecule has 19 heavy (non-hydrogen) atoms. The maximum Gasteiger partial charge on any atom is 0.290 e. The lowest BCUT2D eigenvalue weighted by atomic mass is 10.1. The molecule has 0 aliphatic rings. The lowest BCUT2D eigenvalue weighted by Crippen LogP contribution is -2.29. The highest BCUT2D eigenvalue weighted by Gasteiger charge is 2.22. The van der Waals surface area contributed by atoms with E-state index in [2.05, 4.69) is 0 Å². The number of furan rings is 1. The number of rotatable bonds is 3. The molecule has 1 amide bonds. The van der Waals surface area contributed by atoms with E-state index >= 15 is 0 Å². The number of aryl methyl sites for hydroxylation is 1. The second-order valence-corrected chi connectivity index (χ2v) is 5.01. The molecule has 3 nitrogen and oxygen atoms in total. The third kappa shape index (κ3) is 2.82. The van der Waals surface area contributed by atoms with Gasteiger partial charge in [-0.2, -0.15) is 0 Å². The summed E-state index contributed by atoms with van der Waals surface area (Å²) in [6.07, 6.45) is 1.53. The lowest BCUT2D eigenvalue weighted by molar-refractivity contribution is 0.0709. The van der Waals surface area contributed by atoms with Crippen LogP contribution in [0.4, 0.5) is 0 Å². The summed E-state index contributed by atoms with van der Waals surface area (Å²) in [5, 5.41) is 0.687. The van der Waals surface area contributed by atoms with Crippen LogP contribution in [0, 0.1) is 6.92 Å². The number of hydrogen-bond acceptors (Lipinski definition) is 2. The van der Waals surface area contributed by atoms with Gasteiger partial charge in [0.1, 0.15) is 0 Å². The Kier molecular flexibility index (Phi) is 3.96. The number of benzene rings is 1. The Morgan fingerprint density at radius 2 is 1.89 bits per heavy atom. The van der Waals surface area contributed by atoms with Gasteiger partial charge in [0.2, 0.25) is 0 Å². The molecular formula is C15H16ClNO2. The van der Waals surface area contributed by atoms with Crippen molar-refractivity contribution < 1.29 is 9.21 Å². The van der Waals surface area contributed by atoms with Crippen LogP contribution in [-0.4, -0.2) is 17.9 Å². The van der Waals surface area contributed by atoms with Crippen LogP contribution in [-0.2, 0) is 0 Å². The Hall–Kier alpha value is -1.74. The van der Waals surface area contributed by atoms with Crippen LogP contribution < -0.4 is 0 Å². The van der Waals surface area contributed by atoms with Crippen molar-refractivity contribution in [3.05, 3.63) is 58.5 Å². The summed E-state index contributed by atoms with van der Waals surface area (Å²) in [5.74, 6) is 0.272. The molecule has 1 aromatic heterocycles. The van der Waals surface area contributed by atoms with Crippen molar-refractivity contribution >= 4 is 17.5 Å². The van der Waals surface area contributed by atoms with Crippen LogP contribution in [0.1, 0.15) is 34.6 Å². The maximum absolute atomic E-state index is 12.3. The zero-order chi connectivity index (χ0) is 14.0. The van der Waals surface area contributed by atoms with Gasteiger partial charge >= 0.3 is 0 Å². The second-order valence-electron chi connectivity index (χ2n) is 4.58. The number of hydrogen-bond donors (Lipinski definition) is 0. The molecule has 0 aliphatic heterocycles. The minimum Gasteiger partial charge on any atom is -0.459 e. The lowest BCUT2D eigenvalue weighted by Gasteiger charge is -2.24. The first-order valence-electron chi connectivity index (χ1n) is 6.07. The largest absolute Gasteiger partial charge is 0.459 e. The van der Waals surface area contributed by atoms with Gasteiger partial charge in [0.05, 0.1) is 12.3 Å². The summed E-state index contributed by atoms with van der Waals surface area (Å²) in [4.78, 5) is 14.0. The molecule has 1 unspecified atom stereocenters. The summed E-state index contributed by atoms with van der Waals surface area (Å²) in [7, 11) is 1.77. The quantitative estimate of drug-likeness (QED) is 0.847. The molecule has 0 saturated heterocycles. The van der Waals surface area contributed by atoms with E-state index < -0.39 is 0 Å². The summed E-state index contributed by atoms with van der Waals surface area (Å²) in [5.41, 5.74) is 1.88. The average molecular weight is 278 g/mol. The smallest absolute Gasteiger partial charge is 0.290 e. The number of amides is 1. The van der Waals surface area contributed by atoms with E-state index in [0.29, 0.717) is 10.8 Å². The molecule has 0 bridgehead atoms. The summed E-state index contributed by atoms with van der Waals surface area (Å²) in [6.45, 7) is 3.83. The fourth-order valence-electron chi connectivity index (χ4n) is 1.89. The van der Waals surface area contributed by atoms with Gasteiger partial charge in [-0.25, -0.2) is 0 Å². The normalized spacial score (nSPS) is 12.2. The number of nitrogens with zero attached hydrogens (tertiary/aromatic N) is 1. The predicted molar refractivity (Wildman–Crippen MR) is 75.4 cm³/mol. The highest BCUT2D eigenvalue weighted by atomic mass is 35.5. The highest BCUT2D eigenvalue weighted by Crippen LogP contribution is 2.23. The van der Waals surface area contributed by atoms with Crippen LogP contribution in [0.3, 0.4) is 0 Å². The molecule has 1 atom stereocenters. The van der Waals surface area contributed by atoms with Gasteiger partial charge in [0, 0.05) is 17.6 Å². The van der Waals surface area contributed by atoms with Crippen molar-refractivity contribution in [2.24, 2.45) is 0 Å². The number of carbonyl (C=O) groups excluding carboxylic acids is 1. The van der Waals surface area contributed by atoms with Crippen molar-refractivity contribution in [2.75, 3.05) is 7.05 Å². The van der Waals surface area contributed by atoms with Gasteiger partial charge in [-0.05, 0) is 37.6 Å². The molecule has 1 heterocycles. The molecule has 1 aromatic carbocycles. The van der Waals surface area contributed by atoms with Crippen molar-refractivity contribution in [1.29, 1.82) is 0 Å². The first kappa shape index (κ1) is 13.7. The molecule has 0 saturated carbocycles. The summed E-state index contributed by atoms with van der Waals surface area (Å²) < 4.78 is 5.24. The summed E-state index contributed by atoms with van der Waals surface area (Å²) >= 11 is 5.86. The Morgan fingerprint density at radius 1 is 1.26 bits per heavy atom. The molecule has 0 aliphatic carbocycles. The van der Waals surface area contributed by atoms with Gasteiger partial charge in [0.15, 0.2) is 5.76 Å². The Balaban J connectivity index is 2.19. The highest BCUT2D eigenvalue weighted by molar-refractivity contribution is 6.30. The number of carbonyl (C=O) groups is 1. The molecule has 0 radical (unpaired) electrons. The Bertz CT molecular complexity index is 574. The van der Waals surface area contributed by atoms with E-state index in [9.17, 15) is 4.79 Å². The minimum atomic E-state index is -0.120. The third-order valence-electron chi connectivity index (χ3n) is 3.31. The predicted octanol–water partition coefficient (Wildman–Crippen LogP) is 4.07. The molecule has 0 N–H and O–H groups in total. The zero-order valence-corrected chi connectivity index (χ0v) is 11.9. The first-order chi connectivity index (χ1) is 9.00. The van der Waals surface area contributed by atoms with Crippen LogP contribution in [0.2, 0.25) is 5.02 Å². The van der Waals surface area contributed by atoms with Crippen molar-refractivity contribution in [2.45, 2.75) is 19.9 Å². The van der Waals surface area contributed by atoms with E-state index in [0.717, 1.165) is 11.1 Å². The van der Waals surface area contributed by atoms with E-state index in [-0.39, 0.29) is 11.9 Å². The van der Waals surface area contributed by atoms with Crippen LogP contribution in [0.25, 0.3) is 0 Å². The van der Waals surface area contributed by atoms with Crippen molar-refractivity contribution in [3.63, 3.8) is 0 Å². The molecule has 2 aromatic rings. The average Bonchev–Trinajstić information content (AvgIpc) is 2.83. The molecule has 4 heteroatoms. The van der Waals surface area contributed by atoms with E-state index in [1.165, 1.54) is 6.26 Å². The van der Waals surface area contributed by atoms with E-state index in [1.807, 2.05) is 38.1 Å². The fraction of sp³-hybridized carbons (Fsp3) is 0.267. The third-order valence-corrected chi connectivity index (χ3v) is 3.56. The first-order valence-corrected chi connectivity index (χ1v) is 6.45.